The van der Waals surface area contributed by atoms with E-state index in [9.17, 15) is 20.0 Å². The van der Waals surface area contributed by atoms with Gasteiger partial charge >= 0.3 is 0 Å². The molecule has 8 heteroatoms. The van der Waals surface area contributed by atoms with Crippen molar-refractivity contribution in [2.45, 2.75) is 0 Å². The molecule has 0 saturated heterocycles. The standard InChI is InChI=1S/C13H10ClN3O4/c14-8-4-7(5-9(15)6-8)13(19)16-12-10(17(20)21)2-1-3-11(12)18/h1-6,18H,15H2,(H,16,19). The summed E-state index contributed by atoms with van der Waals surface area (Å²) in [5.41, 5.74) is 5.27. The van der Waals surface area contributed by atoms with Crippen molar-refractivity contribution in [1.82, 2.24) is 0 Å². The molecular weight excluding hydrogens is 298 g/mol. The van der Waals surface area contributed by atoms with Crippen LogP contribution in [0.4, 0.5) is 17.1 Å². The Morgan fingerprint density at radius 1 is 1.33 bits per heavy atom. The smallest absolute Gasteiger partial charge is 0.296 e. The number of carbonyl (C=O) groups is 1. The summed E-state index contributed by atoms with van der Waals surface area (Å²) in [5.74, 6) is -1.08. The molecule has 0 unspecified atom stereocenters. The Labute approximate surface area is 124 Å². The molecule has 0 saturated carbocycles. The highest BCUT2D eigenvalue weighted by molar-refractivity contribution is 6.31. The molecule has 0 fully saturated rings. The highest BCUT2D eigenvalue weighted by Crippen LogP contribution is 2.33. The molecule has 0 bridgehead atoms. The van der Waals surface area contributed by atoms with Gasteiger partial charge in [0, 0.05) is 22.3 Å². The van der Waals surface area contributed by atoms with Gasteiger partial charge in [0.1, 0.15) is 5.75 Å². The van der Waals surface area contributed by atoms with Crippen molar-refractivity contribution in [3.8, 4) is 5.75 Å². The molecule has 2 rings (SSSR count). The van der Waals surface area contributed by atoms with Crippen molar-refractivity contribution < 1.29 is 14.8 Å². The molecule has 0 aliphatic heterocycles. The van der Waals surface area contributed by atoms with Crippen LogP contribution in [0.3, 0.4) is 0 Å². The van der Waals surface area contributed by atoms with E-state index in [0.29, 0.717) is 0 Å². The van der Waals surface area contributed by atoms with Gasteiger partial charge in [0.2, 0.25) is 0 Å². The molecule has 1 amide bonds. The fourth-order valence-electron chi connectivity index (χ4n) is 1.74. The summed E-state index contributed by atoms with van der Waals surface area (Å²) in [6, 6.07) is 7.89. The second kappa shape index (κ2) is 5.68. The van der Waals surface area contributed by atoms with E-state index in [-0.39, 0.29) is 22.0 Å². The Morgan fingerprint density at radius 2 is 2.05 bits per heavy atom. The average molecular weight is 308 g/mol. The molecule has 2 aromatic carbocycles. The van der Waals surface area contributed by atoms with Crippen LogP contribution in [-0.4, -0.2) is 15.9 Å². The van der Waals surface area contributed by atoms with Gasteiger partial charge in [-0.05, 0) is 24.3 Å². The molecule has 21 heavy (non-hydrogen) atoms. The monoisotopic (exact) mass is 307 g/mol. The van der Waals surface area contributed by atoms with Gasteiger partial charge in [-0.2, -0.15) is 0 Å². The normalized spacial score (nSPS) is 10.1. The number of rotatable bonds is 3. The molecule has 0 aliphatic carbocycles. The average Bonchev–Trinajstić information content (AvgIpc) is 2.39. The zero-order chi connectivity index (χ0) is 15.6. The first kappa shape index (κ1) is 14.6. The maximum atomic E-state index is 12.1. The Bertz CT molecular complexity index is 713. The number of carbonyl (C=O) groups excluding carboxylic acids is 1. The molecule has 2 aromatic rings. The summed E-state index contributed by atoms with van der Waals surface area (Å²) in [4.78, 5) is 22.3. The third-order valence-corrected chi connectivity index (χ3v) is 2.86. The summed E-state index contributed by atoms with van der Waals surface area (Å²) in [5, 5.41) is 23.1. The number of nitrogens with two attached hydrogens (primary N) is 1. The molecule has 108 valence electrons. The van der Waals surface area contributed by atoms with Crippen LogP contribution >= 0.6 is 11.6 Å². The zero-order valence-corrected chi connectivity index (χ0v) is 11.3. The number of phenols is 1. The lowest BCUT2D eigenvalue weighted by atomic mass is 10.1. The van der Waals surface area contributed by atoms with Gasteiger partial charge in [0.05, 0.1) is 4.92 Å². The molecule has 0 atom stereocenters. The number of aromatic hydroxyl groups is 1. The number of hydrogen-bond acceptors (Lipinski definition) is 5. The number of nitro groups is 1. The Hall–Kier alpha value is -2.80. The largest absolute Gasteiger partial charge is 0.505 e. The highest BCUT2D eigenvalue weighted by atomic mass is 35.5. The van der Waals surface area contributed by atoms with Gasteiger partial charge in [-0.15, -0.1) is 0 Å². The third-order valence-electron chi connectivity index (χ3n) is 2.64. The van der Waals surface area contributed by atoms with Crippen molar-refractivity contribution in [3.05, 3.63) is 57.1 Å². The Kier molecular flexibility index (Phi) is 3.95. The van der Waals surface area contributed by atoms with Gasteiger partial charge in [-0.25, -0.2) is 0 Å². The molecular formula is C13H10ClN3O4. The van der Waals surface area contributed by atoms with Crippen LogP contribution in [0.2, 0.25) is 5.02 Å². The summed E-state index contributed by atoms with van der Waals surface area (Å²) in [6.07, 6.45) is 0. The van der Waals surface area contributed by atoms with E-state index in [1.165, 1.54) is 36.4 Å². The van der Waals surface area contributed by atoms with Gasteiger partial charge in [-0.3, -0.25) is 14.9 Å². The number of nitro benzene ring substituents is 1. The van der Waals surface area contributed by atoms with Crippen LogP contribution in [0.15, 0.2) is 36.4 Å². The first-order valence-corrected chi connectivity index (χ1v) is 6.10. The maximum absolute atomic E-state index is 12.1. The van der Waals surface area contributed by atoms with Crippen molar-refractivity contribution in [1.29, 1.82) is 0 Å². The van der Waals surface area contributed by atoms with E-state index in [2.05, 4.69) is 5.32 Å². The van der Waals surface area contributed by atoms with E-state index in [0.717, 1.165) is 0 Å². The van der Waals surface area contributed by atoms with Crippen LogP contribution < -0.4 is 11.1 Å². The SMILES string of the molecule is Nc1cc(Cl)cc(C(=O)Nc2c(O)cccc2[N+](=O)[O-])c1. The van der Waals surface area contributed by atoms with Gasteiger partial charge in [0.15, 0.2) is 5.69 Å². The van der Waals surface area contributed by atoms with Gasteiger partial charge in [0.25, 0.3) is 11.6 Å². The number of nitrogens with one attached hydrogen (secondary N) is 1. The molecule has 0 aromatic heterocycles. The summed E-state index contributed by atoms with van der Waals surface area (Å²) in [7, 11) is 0. The van der Waals surface area contributed by atoms with Gasteiger partial charge < -0.3 is 16.2 Å². The van der Waals surface area contributed by atoms with Crippen LogP contribution in [-0.2, 0) is 0 Å². The lowest BCUT2D eigenvalue weighted by Gasteiger charge is -2.08. The molecule has 4 N–H and O–H groups in total. The van der Waals surface area contributed by atoms with Gasteiger partial charge in [-0.1, -0.05) is 17.7 Å². The summed E-state index contributed by atoms with van der Waals surface area (Å²) < 4.78 is 0. The Balaban J connectivity index is 2.38. The molecule has 0 radical (unpaired) electrons. The van der Waals surface area contributed by atoms with Crippen molar-refractivity contribution in [3.63, 3.8) is 0 Å². The number of nitrogen functional groups attached to an aromatic ring is 1. The molecule has 7 nitrogen and oxygen atoms in total. The first-order chi connectivity index (χ1) is 9.88. The lowest BCUT2D eigenvalue weighted by Crippen LogP contribution is -2.13. The minimum atomic E-state index is -0.707. The molecule has 0 spiro atoms. The van der Waals surface area contributed by atoms with E-state index in [1.54, 1.807) is 0 Å². The molecule has 0 heterocycles. The predicted molar refractivity (Wildman–Crippen MR) is 78.6 cm³/mol. The number of amides is 1. The molecule has 0 aliphatic rings. The zero-order valence-electron chi connectivity index (χ0n) is 10.5. The number of anilines is 2. The van der Waals surface area contributed by atoms with Crippen molar-refractivity contribution >= 4 is 34.6 Å². The number of halogens is 1. The Morgan fingerprint density at radius 3 is 2.67 bits per heavy atom. The van der Waals surface area contributed by atoms with Crippen LogP contribution in [0.5, 0.6) is 5.75 Å². The van der Waals surface area contributed by atoms with Crippen LogP contribution in [0.1, 0.15) is 10.4 Å². The highest BCUT2D eigenvalue weighted by Gasteiger charge is 2.20. The minimum Gasteiger partial charge on any atom is -0.505 e. The fraction of sp³-hybridized carbons (Fsp3) is 0. The van der Waals surface area contributed by atoms with E-state index in [4.69, 9.17) is 17.3 Å². The number of benzene rings is 2. The summed E-state index contributed by atoms with van der Waals surface area (Å²) >= 11 is 5.79. The van der Waals surface area contributed by atoms with E-state index in [1.807, 2.05) is 0 Å². The topological polar surface area (TPSA) is 118 Å². The lowest BCUT2D eigenvalue weighted by molar-refractivity contribution is -0.384. The van der Waals surface area contributed by atoms with Crippen LogP contribution in [0.25, 0.3) is 0 Å². The maximum Gasteiger partial charge on any atom is 0.296 e. The number of para-hydroxylation sites is 1. The minimum absolute atomic E-state index is 0.123. The van der Waals surface area contributed by atoms with Crippen molar-refractivity contribution in [2.75, 3.05) is 11.1 Å². The quantitative estimate of drug-likeness (QED) is 0.349. The number of hydrogen-bond donors (Lipinski definition) is 3. The number of phenolic OH excluding ortho intramolecular Hbond substituents is 1. The fourth-order valence-corrected chi connectivity index (χ4v) is 1.98. The van der Waals surface area contributed by atoms with E-state index < -0.39 is 22.3 Å². The first-order valence-electron chi connectivity index (χ1n) is 5.72. The van der Waals surface area contributed by atoms with E-state index >= 15 is 0 Å². The third kappa shape index (κ3) is 3.21. The second-order valence-electron chi connectivity index (χ2n) is 4.16. The summed E-state index contributed by atoms with van der Waals surface area (Å²) in [6.45, 7) is 0. The second-order valence-corrected chi connectivity index (χ2v) is 4.59. The van der Waals surface area contributed by atoms with Crippen molar-refractivity contribution in [2.24, 2.45) is 0 Å². The predicted octanol–water partition coefficient (Wildman–Crippen LogP) is 2.79. The number of nitrogens with zero attached hydrogens (tertiary/aromatic N) is 1. The van der Waals surface area contributed by atoms with Crippen LogP contribution in [0, 0.1) is 10.1 Å².